The molecule has 1 atom stereocenters. The van der Waals surface area contributed by atoms with Crippen molar-refractivity contribution in [2.45, 2.75) is 52.2 Å². The number of rotatable bonds is 6. The molecule has 1 aliphatic heterocycles. The third kappa shape index (κ3) is 3.98. The second kappa shape index (κ2) is 8.09. The molecule has 4 rings (SSSR count). The van der Waals surface area contributed by atoms with Crippen LogP contribution in [0.15, 0.2) is 49.1 Å². The summed E-state index contributed by atoms with van der Waals surface area (Å²) >= 11 is 0. The lowest BCUT2D eigenvalue weighted by Crippen LogP contribution is -2.39. The lowest BCUT2D eigenvalue weighted by atomic mass is 10.1. The molecule has 1 aromatic carbocycles. The van der Waals surface area contributed by atoms with E-state index >= 15 is 0 Å². The summed E-state index contributed by atoms with van der Waals surface area (Å²) in [6.45, 7) is 8.69. The predicted molar refractivity (Wildman–Crippen MR) is 109 cm³/mol. The van der Waals surface area contributed by atoms with Crippen LogP contribution >= 0.6 is 0 Å². The van der Waals surface area contributed by atoms with Crippen LogP contribution in [0.5, 0.6) is 0 Å². The second-order valence-corrected chi connectivity index (χ2v) is 7.66. The van der Waals surface area contributed by atoms with Gasteiger partial charge in [0.05, 0.1) is 31.0 Å². The average Bonchev–Trinajstić information content (AvgIpc) is 3.30. The molecule has 3 aromatic rings. The number of aromatic nitrogens is 4. The van der Waals surface area contributed by atoms with Crippen molar-refractivity contribution in [1.29, 1.82) is 0 Å². The zero-order chi connectivity index (χ0) is 18.6. The number of piperidine rings is 1. The van der Waals surface area contributed by atoms with Gasteiger partial charge in [-0.15, -0.1) is 0 Å². The van der Waals surface area contributed by atoms with Crippen molar-refractivity contribution in [2.75, 3.05) is 13.1 Å². The molecule has 0 N–H and O–H groups in total. The van der Waals surface area contributed by atoms with Crippen LogP contribution in [0, 0.1) is 6.92 Å². The molecule has 5 nitrogen and oxygen atoms in total. The Labute approximate surface area is 161 Å². The Hall–Kier alpha value is -2.40. The van der Waals surface area contributed by atoms with Gasteiger partial charge in [0.15, 0.2) is 0 Å². The van der Waals surface area contributed by atoms with Gasteiger partial charge in [0.25, 0.3) is 0 Å². The van der Waals surface area contributed by atoms with Crippen molar-refractivity contribution in [1.82, 2.24) is 24.2 Å². The highest BCUT2D eigenvalue weighted by atomic mass is 15.3. The molecule has 2 aromatic heterocycles. The summed E-state index contributed by atoms with van der Waals surface area (Å²) in [6.07, 6.45) is 9.94. The van der Waals surface area contributed by atoms with Crippen LogP contribution in [0.3, 0.4) is 0 Å². The Bertz CT molecular complexity index is 858. The number of likely N-dealkylation sites (tertiary alicyclic amines) is 1. The van der Waals surface area contributed by atoms with E-state index < -0.39 is 0 Å². The number of imidazole rings is 1. The van der Waals surface area contributed by atoms with Crippen LogP contribution < -0.4 is 0 Å². The van der Waals surface area contributed by atoms with Crippen LogP contribution in [0.1, 0.15) is 37.4 Å². The normalized spacial score (nSPS) is 16.5. The average molecular weight is 364 g/mol. The topological polar surface area (TPSA) is 38.9 Å². The molecule has 0 unspecified atom stereocenters. The summed E-state index contributed by atoms with van der Waals surface area (Å²) in [7, 11) is 0. The highest BCUT2D eigenvalue weighted by molar-refractivity contribution is 5.61. The number of hydrogen-bond acceptors (Lipinski definition) is 3. The Morgan fingerprint density at radius 2 is 1.81 bits per heavy atom. The minimum atomic E-state index is 0.526. The van der Waals surface area contributed by atoms with Crippen LogP contribution in [0.25, 0.3) is 11.3 Å². The Kier molecular flexibility index (Phi) is 5.39. The van der Waals surface area contributed by atoms with E-state index in [4.69, 9.17) is 0 Å². The van der Waals surface area contributed by atoms with Crippen molar-refractivity contribution < 1.29 is 0 Å². The monoisotopic (exact) mass is 363 g/mol. The molecule has 0 bridgehead atoms. The first-order valence-electron chi connectivity index (χ1n) is 10.0. The quantitative estimate of drug-likeness (QED) is 0.665. The third-order valence-corrected chi connectivity index (χ3v) is 5.74. The van der Waals surface area contributed by atoms with Gasteiger partial charge in [-0.2, -0.15) is 5.10 Å². The molecule has 1 saturated heterocycles. The van der Waals surface area contributed by atoms with E-state index in [1.165, 1.54) is 49.2 Å². The first-order chi connectivity index (χ1) is 13.2. The van der Waals surface area contributed by atoms with Gasteiger partial charge >= 0.3 is 0 Å². The Balaban J connectivity index is 1.52. The van der Waals surface area contributed by atoms with Crippen LogP contribution in [-0.4, -0.2) is 43.4 Å². The highest BCUT2D eigenvalue weighted by Crippen LogP contribution is 2.24. The van der Waals surface area contributed by atoms with Gasteiger partial charge in [-0.1, -0.05) is 36.8 Å². The maximum atomic E-state index is 4.64. The van der Waals surface area contributed by atoms with Crippen LogP contribution in [0.4, 0.5) is 0 Å². The summed E-state index contributed by atoms with van der Waals surface area (Å²) in [5.74, 6) is 0. The largest absolute Gasteiger partial charge is 0.329 e. The number of hydrogen-bond donors (Lipinski definition) is 0. The van der Waals surface area contributed by atoms with Crippen LogP contribution in [-0.2, 0) is 13.1 Å². The molecule has 142 valence electrons. The van der Waals surface area contributed by atoms with Crippen molar-refractivity contribution in [2.24, 2.45) is 0 Å². The highest BCUT2D eigenvalue weighted by Gasteiger charge is 2.19. The standard InChI is InChI=1S/C22H29N5/c1-18(25-11-7-4-8-12-25)15-26-17-23-14-22(26)21-13-24-27(19(21)2)16-20-9-5-3-6-10-20/h3,5-6,9-10,13-14,17-18H,4,7-8,11-12,15-16H2,1-2H3/t18-/m1/s1. The fourth-order valence-corrected chi connectivity index (χ4v) is 4.06. The molecule has 0 spiro atoms. The molecule has 0 amide bonds. The maximum Gasteiger partial charge on any atom is 0.0951 e. The third-order valence-electron chi connectivity index (χ3n) is 5.74. The van der Waals surface area contributed by atoms with E-state index in [-0.39, 0.29) is 0 Å². The predicted octanol–water partition coefficient (Wildman–Crippen LogP) is 3.98. The first-order valence-corrected chi connectivity index (χ1v) is 10.0. The molecular formula is C22H29N5. The number of nitrogens with zero attached hydrogens (tertiary/aromatic N) is 5. The molecule has 0 radical (unpaired) electrons. The zero-order valence-corrected chi connectivity index (χ0v) is 16.4. The lowest BCUT2D eigenvalue weighted by Gasteiger charge is -2.32. The van der Waals surface area contributed by atoms with E-state index in [1.54, 1.807) is 0 Å². The van der Waals surface area contributed by atoms with Crippen molar-refractivity contribution in [3.05, 3.63) is 60.3 Å². The zero-order valence-electron chi connectivity index (χ0n) is 16.4. The van der Waals surface area contributed by atoms with Crippen LogP contribution in [0.2, 0.25) is 0 Å². The van der Waals surface area contributed by atoms with Gasteiger partial charge in [-0.05, 0) is 45.3 Å². The molecule has 5 heteroatoms. The van der Waals surface area contributed by atoms with Gasteiger partial charge < -0.3 is 4.57 Å². The Morgan fingerprint density at radius 1 is 1.04 bits per heavy atom. The van der Waals surface area contributed by atoms with Crippen molar-refractivity contribution in [3.63, 3.8) is 0 Å². The maximum absolute atomic E-state index is 4.64. The molecule has 0 saturated carbocycles. The fourth-order valence-electron chi connectivity index (χ4n) is 4.06. The second-order valence-electron chi connectivity index (χ2n) is 7.66. The summed E-state index contributed by atoms with van der Waals surface area (Å²) in [6, 6.07) is 11.0. The number of benzene rings is 1. The summed E-state index contributed by atoms with van der Waals surface area (Å²) < 4.78 is 4.37. The minimum absolute atomic E-state index is 0.526. The van der Waals surface area contributed by atoms with E-state index in [2.05, 4.69) is 62.3 Å². The van der Waals surface area contributed by atoms with Crippen molar-refractivity contribution >= 4 is 0 Å². The molecule has 27 heavy (non-hydrogen) atoms. The smallest absolute Gasteiger partial charge is 0.0951 e. The van der Waals surface area contributed by atoms with Gasteiger partial charge in [0.2, 0.25) is 0 Å². The summed E-state index contributed by atoms with van der Waals surface area (Å²) in [4.78, 5) is 7.05. The molecule has 3 heterocycles. The first kappa shape index (κ1) is 18.0. The van der Waals surface area contributed by atoms with Gasteiger partial charge in [-0.3, -0.25) is 9.58 Å². The molecule has 1 aliphatic rings. The lowest BCUT2D eigenvalue weighted by molar-refractivity contribution is 0.160. The van der Waals surface area contributed by atoms with E-state index in [9.17, 15) is 0 Å². The minimum Gasteiger partial charge on any atom is -0.329 e. The van der Waals surface area contributed by atoms with E-state index in [0.29, 0.717) is 6.04 Å². The summed E-state index contributed by atoms with van der Waals surface area (Å²) in [5.41, 5.74) is 4.79. The van der Waals surface area contributed by atoms with E-state index in [1.807, 2.05) is 24.8 Å². The SMILES string of the molecule is Cc1c(-c2cncn2C[C@@H](C)N2CCCCC2)cnn1Cc1ccccc1. The fraction of sp³-hybridized carbons (Fsp3) is 0.455. The van der Waals surface area contributed by atoms with E-state index in [0.717, 1.165) is 18.8 Å². The molecule has 1 fully saturated rings. The summed E-state index contributed by atoms with van der Waals surface area (Å²) in [5, 5.41) is 4.64. The molecule has 0 aliphatic carbocycles. The van der Waals surface area contributed by atoms with Gasteiger partial charge in [0.1, 0.15) is 0 Å². The van der Waals surface area contributed by atoms with Crippen molar-refractivity contribution in [3.8, 4) is 11.3 Å². The Morgan fingerprint density at radius 3 is 2.59 bits per heavy atom. The van der Waals surface area contributed by atoms with Gasteiger partial charge in [-0.25, -0.2) is 4.98 Å². The molecular weight excluding hydrogens is 334 g/mol. The van der Waals surface area contributed by atoms with Gasteiger partial charge in [0, 0.05) is 23.8 Å².